The van der Waals surface area contributed by atoms with Crippen LogP contribution >= 0.6 is 34.5 Å². The zero-order valence-corrected chi connectivity index (χ0v) is 18.8. The van der Waals surface area contributed by atoms with Crippen molar-refractivity contribution in [2.45, 2.75) is 6.10 Å². The summed E-state index contributed by atoms with van der Waals surface area (Å²) in [4.78, 5) is 47.9. The number of hydrogen-bond acceptors (Lipinski definition) is 9. The van der Waals surface area contributed by atoms with Gasteiger partial charge in [0.05, 0.1) is 18.0 Å². The number of imidazole rings is 1. The van der Waals surface area contributed by atoms with Crippen molar-refractivity contribution in [3.63, 3.8) is 0 Å². The molecule has 0 saturated carbocycles. The van der Waals surface area contributed by atoms with Gasteiger partial charge in [-0.25, -0.2) is 28.7 Å². The lowest BCUT2D eigenvalue weighted by Crippen LogP contribution is -2.49. The predicted molar refractivity (Wildman–Crippen MR) is 117 cm³/mol. The molecule has 168 valence electrons. The number of hydrogen-bond donors (Lipinski definition) is 0. The van der Waals surface area contributed by atoms with Gasteiger partial charge in [-0.1, -0.05) is 11.6 Å². The first kappa shape index (κ1) is 21.8. The van der Waals surface area contributed by atoms with Crippen molar-refractivity contribution in [3.05, 3.63) is 52.1 Å². The Morgan fingerprint density at radius 3 is 2.88 bits per heavy atom. The number of halogens is 3. The zero-order valence-electron chi connectivity index (χ0n) is 16.5. The lowest BCUT2D eigenvalue weighted by molar-refractivity contribution is -0.00405. The molecule has 1 aliphatic rings. The van der Waals surface area contributed by atoms with Gasteiger partial charge in [-0.15, -0.1) is 11.3 Å². The number of morpholine rings is 1. The second-order valence-corrected chi connectivity index (χ2v) is 8.61. The highest BCUT2D eigenvalue weighted by molar-refractivity contribution is 7.17. The van der Waals surface area contributed by atoms with E-state index in [1.807, 2.05) is 0 Å². The molecule has 0 spiro atoms. The second kappa shape index (κ2) is 8.71. The quantitative estimate of drug-likeness (QED) is 0.235. The minimum absolute atomic E-state index is 0.0176. The van der Waals surface area contributed by atoms with Crippen LogP contribution in [-0.2, 0) is 4.74 Å². The molecule has 1 aliphatic heterocycles. The van der Waals surface area contributed by atoms with Crippen molar-refractivity contribution in [2.24, 2.45) is 0 Å². The second-order valence-electron chi connectivity index (χ2n) is 6.89. The maximum Gasteiger partial charge on any atom is 0.330 e. The third-order valence-electron chi connectivity index (χ3n) is 4.88. The van der Waals surface area contributed by atoms with E-state index in [1.54, 1.807) is 0 Å². The van der Waals surface area contributed by atoms with Crippen molar-refractivity contribution in [1.29, 1.82) is 0 Å². The first-order valence-electron chi connectivity index (χ1n) is 9.50. The van der Waals surface area contributed by atoms with Crippen LogP contribution in [0.3, 0.4) is 0 Å². The Hall–Kier alpha value is -3.06. The van der Waals surface area contributed by atoms with E-state index < -0.39 is 23.7 Å². The van der Waals surface area contributed by atoms with E-state index in [4.69, 9.17) is 27.9 Å². The van der Waals surface area contributed by atoms with Crippen molar-refractivity contribution < 1.29 is 18.7 Å². The van der Waals surface area contributed by atoms with Crippen LogP contribution in [0.1, 0.15) is 9.80 Å². The molecule has 10 nitrogen and oxygen atoms in total. The number of pyridine rings is 1. The number of thiazole rings is 1. The first-order chi connectivity index (χ1) is 15.9. The Balaban J connectivity index is 1.36. The molecule has 0 N–H and O–H groups in total. The van der Waals surface area contributed by atoms with Gasteiger partial charge in [-0.3, -0.25) is 9.78 Å². The number of Topliss-reactive ketones (excluding diaryl/α,β-unsaturated/α-hetero) is 1. The minimum atomic E-state index is -0.939. The molecule has 4 aromatic heterocycles. The van der Waals surface area contributed by atoms with Gasteiger partial charge in [-0.2, -0.15) is 4.98 Å². The standard InChI is InChI=1S/C19H12Cl2FN7O3S/c20-15-13-16(27-18(21)26-15)25-8-29(13)19(31)28-4-5-32-10(7-28)14(30)17-24-6-11(33-17)12-9(22)2-1-3-23-12/h1-3,6,8,10H,4-5,7H2/t10-/m0/s1. The summed E-state index contributed by atoms with van der Waals surface area (Å²) in [6, 6.07) is 2.29. The number of rotatable bonds is 3. The predicted octanol–water partition coefficient (Wildman–Crippen LogP) is 3.34. The fraction of sp³-hybridized carbons (Fsp3) is 0.211. The van der Waals surface area contributed by atoms with E-state index in [9.17, 15) is 14.0 Å². The van der Waals surface area contributed by atoms with Gasteiger partial charge < -0.3 is 9.64 Å². The summed E-state index contributed by atoms with van der Waals surface area (Å²) in [5, 5.41) is 0.0259. The molecular weight excluding hydrogens is 496 g/mol. The van der Waals surface area contributed by atoms with E-state index >= 15 is 0 Å². The molecule has 0 aliphatic carbocycles. The molecule has 5 rings (SSSR count). The molecule has 1 saturated heterocycles. The number of nitrogens with zero attached hydrogens (tertiary/aromatic N) is 7. The maximum absolute atomic E-state index is 14.0. The largest absolute Gasteiger partial charge is 0.366 e. The number of aromatic nitrogens is 6. The van der Waals surface area contributed by atoms with E-state index in [0.717, 1.165) is 11.3 Å². The van der Waals surface area contributed by atoms with Crippen molar-refractivity contribution in [1.82, 2.24) is 34.4 Å². The normalized spacial score (nSPS) is 16.3. The molecule has 1 atom stereocenters. The molecule has 14 heteroatoms. The number of amides is 1. The fourth-order valence-electron chi connectivity index (χ4n) is 3.34. The van der Waals surface area contributed by atoms with Crippen molar-refractivity contribution in [3.8, 4) is 10.6 Å². The highest BCUT2D eigenvalue weighted by atomic mass is 35.5. The zero-order chi connectivity index (χ0) is 23.1. The summed E-state index contributed by atoms with van der Waals surface area (Å²) in [7, 11) is 0. The van der Waals surface area contributed by atoms with Crippen LogP contribution < -0.4 is 0 Å². The van der Waals surface area contributed by atoms with Gasteiger partial charge in [0, 0.05) is 18.9 Å². The topological polar surface area (TPSA) is 116 Å². The van der Waals surface area contributed by atoms with Gasteiger partial charge in [0.1, 0.15) is 29.5 Å². The Bertz CT molecular complexity index is 1390. The number of ketones is 1. The van der Waals surface area contributed by atoms with Crippen LogP contribution in [0, 0.1) is 5.82 Å². The van der Waals surface area contributed by atoms with Crippen LogP contribution in [0.4, 0.5) is 9.18 Å². The molecule has 0 radical (unpaired) electrons. The summed E-state index contributed by atoms with van der Waals surface area (Å²) in [5.74, 6) is -0.925. The van der Waals surface area contributed by atoms with E-state index in [0.29, 0.717) is 4.88 Å². The maximum atomic E-state index is 14.0. The Morgan fingerprint density at radius 1 is 1.21 bits per heavy atom. The fourth-order valence-corrected chi connectivity index (χ4v) is 4.70. The number of carbonyl (C=O) groups excluding carboxylic acids is 2. The smallest absolute Gasteiger partial charge is 0.330 e. The Morgan fingerprint density at radius 2 is 2.06 bits per heavy atom. The summed E-state index contributed by atoms with van der Waals surface area (Å²) in [6.45, 7) is 0.366. The first-order valence-corrected chi connectivity index (χ1v) is 11.1. The average molecular weight is 508 g/mol. The third kappa shape index (κ3) is 4.06. The van der Waals surface area contributed by atoms with Crippen LogP contribution in [-0.4, -0.2) is 72.0 Å². The number of ether oxygens (including phenoxy) is 1. The Kier molecular flexibility index (Phi) is 5.74. The molecule has 5 heterocycles. The third-order valence-corrected chi connectivity index (χ3v) is 6.33. The van der Waals surface area contributed by atoms with Crippen molar-refractivity contribution in [2.75, 3.05) is 19.7 Å². The van der Waals surface area contributed by atoms with Crippen LogP contribution in [0.2, 0.25) is 10.4 Å². The lowest BCUT2D eigenvalue weighted by Gasteiger charge is -2.31. The number of carbonyl (C=O) groups is 2. The van der Waals surface area contributed by atoms with Gasteiger partial charge in [0.25, 0.3) is 0 Å². The molecular formula is C19H12Cl2FN7O3S. The van der Waals surface area contributed by atoms with Crippen LogP contribution in [0.15, 0.2) is 30.9 Å². The van der Waals surface area contributed by atoms with Gasteiger partial charge >= 0.3 is 6.03 Å². The summed E-state index contributed by atoms with van der Waals surface area (Å²) >= 11 is 12.9. The SMILES string of the molecule is O=C(c1ncc(-c2ncccc2F)s1)[C@@H]1CN(C(=O)n2cnc3nc(Cl)nc(Cl)c32)CCO1. The molecule has 0 unspecified atom stereocenters. The monoisotopic (exact) mass is 507 g/mol. The van der Waals surface area contributed by atoms with Gasteiger partial charge in [-0.05, 0) is 23.7 Å². The highest BCUT2D eigenvalue weighted by Crippen LogP contribution is 2.28. The van der Waals surface area contributed by atoms with Gasteiger partial charge in [0.2, 0.25) is 11.1 Å². The summed E-state index contributed by atoms with van der Waals surface area (Å²) < 4.78 is 20.8. The number of fused-ring (bicyclic) bond motifs is 1. The molecule has 4 aromatic rings. The molecule has 33 heavy (non-hydrogen) atoms. The summed E-state index contributed by atoms with van der Waals surface area (Å²) in [5.41, 5.74) is 0.496. The molecule has 0 aromatic carbocycles. The minimum Gasteiger partial charge on any atom is -0.366 e. The van der Waals surface area contributed by atoms with Crippen LogP contribution in [0.25, 0.3) is 21.7 Å². The van der Waals surface area contributed by atoms with E-state index in [2.05, 4.69) is 24.9 Å². The van der Waals surface area contributed by atoms with Crippen molar-refractivity contribution >= 4 is 57.5 Å². The van der Waals surface area contributed by atoms with Gasteiger partial charge in [0.15, 0.2) is 15.8 Å². The molecule has 0 bridgehead atoms. The molecule has 1 amide bonds. The average Bonchev–Trinajstić information content (AvgIpc) is 3.46. The summed E-state index contributed by atoms with van der Waals surface area (Å²) in [6.07, 6.45) is 3.18. The van der Waals surface area contributed by atoms with E-state index in [1.165, 1.54) is 40.3 Å². The lowest BCUT2D eigenvalue weighted by atomic mass is 10.2. The molecule has 1 fully saturated rings. The van der Waals surface area contributed by atoms with E-state index in [-0.39, 0.29) is 52.0 Å². The highest BCUT2D eigenvalue weighted by Gasteiger charge is 2.33. The Labute approximate surface area is 199 Å². The van der Waals surface area contributed by atoms with Crippen LogP contribution in [0.5, 0.6) is 0 Å².